The lowest BCUT2D eigenvalue weighted by Gasteiger charge is -2.20. The van der Waals surface area contributed by atoms with Gasteiger partial charge in [-0.15, -0.1) is 0 Å². The summed E-state index contributed by atoms with van der Waals surface area (Å²) in [5.74, 6) is -0.253. The van der Waals surface area contributed by atoms with Crippen LogP contribution >= 0.6 is 0 Å². The summed E-state index contributed by atoms with van der Waals surface area (Å²) in [7, 11) is 1.51. The van der Waals surface area contributed by atoms with Crippen LogP contribution in [0.15, 0.2) is 40.8 Å². The minimum atomic E-state index is -0.914. The normalized spacial score (nSPS) is 21.3. The molecule has 1 aliphatic heterocycles. The highest BCUT2D eigenvalue weighted by atomic mass is 16.5. The van der Waals surface area contributed by atoms with Crippen LogP contribution in [-0.2, 0) is 9.59 Å². The molecule has 2 heterocycles. The Hall–Kier alpha value is -3.55. The van der Waals surface area contributed by atoms with Gasteiger partial charge in [-0.3, -0.25) is 14.5 Å². The van der Waals surface area contributed by atoms with E-state index in [1.54, 1.807) is 19.1 Å². The summed E-state index contributed by atoms with van der Waals surface area (Å²) in [4.78, 5) is 38.7. The van der Waals surface area contributed by atoms with Crippen molar-refractivity contribution in [1.29, 1.82) is 0 Å². The zero-order valence-electron chi connectivity index (χ0n) is 16.7. The largest absolute Gasteiger partial charge is 0.495 e. The molecule has 8 heteroatoms. The smallest absolute Gasteiger partial charge is 0.325 e. The fourth-order valence-corrected chi connectivity index (χ4v) is 4.15. The maximum Gasteiger partial charge on any atom is 0.325 e. The second-order valence-corrected chi connectivity index (χ2v) is 7.99. The van der Waals surface area contributed by atoms with Crippen LogP contribution in [0, 0.1) is 5.92 Å². The Labute approximate surface area is 172 Å². The third-order valence-corrected chi connectivity index (χ3v) is 5.97. The Balaban J connectivity index is 1.40. The summed E-state index contributed by atoms with van der Waals surface area (Å²) in [5, 5.41) is 7.30. The minimum Gasteiger partial charge on any atom is -0.495 e. The van der Waals surface area contributed by atoms with Gasteiger partial charge in [0.25, 0.3) is 5.91 Å². The number of benzene rings is 2. The first-order chi connectivity index (χ1) is 14.4. The molecule has 154 valence electrons. The number of ether oxygens (including phenoxy) is 1. The van der Waals surface area contributed by atoms with Gasteiger partial charge in [-0.2, -0.15) is 0 Å². The van der Waals surface area contributed by atoms with Crippen molar-refractivity contribution in [3.8, 4) is 5.75 Å². The molecule has 0 radical (unpaired) electrons. The third kappa shape index (κ3) is 2.79. The molecule has 2 aromatic carbocycles. The molecule has 0 bridgehead atoms. The number of para-hydroxylation sites is 1. The lowest BCUT2D eigenvalue weighted by molar-refractivity contribution is -0.134. The van der Waals surface area contributed by atoms with E-state index in [0.29, 0.717) is 17.0 Å². The number of hydrogen-bond acceptors (Lipinski definition) is 5. The van der Waals surface area contributed by atoms with Crippen molar-refractivity contribution < 1.29 is 23.5 Å². The molecule has 1 atom stereocenters. The molecular weight excluding hydrogens is 386 g/mol. The number of methoxy groups -OCH3 is 1. The van der Waals surface area contributed by atoms with E-state index in [4.69, 9.17) is 9.15 Å². The predicted octanol–water partition coefficient (Wildman–Crippen LogP) is 3.25. The highest BCUT2D eigenvalue weighted by molar-refractivity contribution is 6.11. The summed E-state index contributed by atoms with van der Waals surface area (Å²) in [6, 6.07) is 10.6. The van der Waals surface area contributed by atoms with E-state index in [2.05, 4.69) is 10.6 Å². The van der Waals surface area contributed by atoms with E-state index < -0.39 is 17.5 Å². The van der Waals surface area contributed by atoms with Gasteiger partial charge in [0.2, 0.25) is 5.91 Å². The van der Waals surface area contributed by atoms with Crippen LogP contribution in [0.4, 0.5) is 10.5 Å². The number of hydrogen-bond donors (Lipinski definition) is 2. The molecule has 2 aliphatic rings. The van der Waals surface area contributed by atoms with E-state index in [-0.39, 0.29) is 18.4 Å². The standard InChI is InChI=1S/C22H21N3O5/c1-22(12-7-8-12)20(27)25(21(28)24-22)11-19(26)23-15-10-17-14(9-18(15)29-2)13-5-3-4-6-16(13)30-17/h3-6,9-10,12H,7-8,11H2,1-2H3,(H,23,26)(H,24,28)/t22-/m0/s1. The third-order valence-electron chi connectivity index (χ3n) is 5.97. The van der Waals surface area contributed by atoms with E-state index >= 15 is 0 Å². The molecule has 1 aromatic heterocycles. The molecule has 4 amide bonds. The van der Waals surface area contributed by atoms with E-state index in [0.717, 1.165) is 34.1 Å². The number of nitrogens with one attached hydrogen (secondary N) is 2. The number of amides is 4. The number of rotatable bonds is 5. The Morgan fingerprint density at radius 2 is 2.00 bits per heavy atom. The SMILES string of the molecule is COc1cc2c(cc1NC(=O)CN1C(=O)N[C@@](C)(C3CC3)C1=O)oc1ccccc12. The van der Waals surface area contributed by atoms with E-state index in [9.17, 15) is 14.4 Å². The van der Waals surface area contributed by atoms with Crippen LogP contribution in [0.2, 0.25) is 0 Å². The quantitative estimate of drug-likeness (QED) is 0.633. The lowest BCUT2D eigenvalue weighted by atomic mass is 9.96. The predicted molar refractivity (Wildman–Crippen MR) is 110 cm³/mol. The Kier molecular flexibility index (Phi) is 3.99. The van der Waals surface area contributed by atoms with Gasteiger partial charge in [0.05, 0.1) is 12.8 Å². The fourth-order valence-electron chi connectivity index (χ4n) is 4.15. The molecule has 1 saturated carbocycles. The molecule has 0 unspecified atom stereocenters. The average molecular weight is 407 g/mol. The Morgan fingerprint density at radius 1 is 1.23 bits per heavy atom. The first-order valence-electron chi connectivity index (χ1n) is 9.84. The number of anilines is 1. The van der Waals surface area contributed by atoms with E-state index in [1.807, 2.05) is 24.3 Å². The van der Waals surface area contributed by atoms with Gasteiger partial charge in [0.15, 0.2) is 0 Å². The van der Waals surface area contributed by atoms with Crippen molar-refractivity contribution >= 4 is 45.5 Å². The molecule has 0 spiro atoms. The maximum atomic E-state index is 12.7. The number of carbonyl (C=O) groups is 3. The molecule has 1 saturated heterocycles. The van der Waals surface area contributed by atoms with Gasteiger partial charge in [-0.1, -0.05) is 18.2 Å². The number of imide groups is 1. The highest BCUT2D eigenvalue weighted by Crippen LogP contribution is 2.42. The number of fused-ring (bicyclic) bond motifs is 3. The summed E-state index contributed by atoms with van der Waals surface area (Å²) in [5.41, 5.74) is 0.828. The molecule has 5 rings (SSSR count). The summed E-state index contributed by atoms with van der Waals surface area (Å²) >= 11 is 0. The fraction of sp³-hybridized carbons (Fsp3) is 0.318. The molecule has 30 heavy (non-hydrogen) atoms. The molecule has 3 aromatic rings. The van der Waals surface area contributed by atoms with Gasteiger partial charge >= 0.3 is 6.03 Å². The van der Waals surface area contributed by atoms with Crippen molar-refractivity contribution in [2.45, 2.75) is 25.3 Å². The lowest BCUT2D eigenvalue weighted by Crippen LogP contribution is -2.46. The first kappa shape index (κ1) is 18.5. The summed E-state index contributed by atoms with van der Waals surface area (Å²) in [6.45, 7) is 1.36. The molecule has 2 fully saturated rings. The van der Waals surface area contributed by atoms with Crippen molar-refractivity contribution in [3.63, 3.8) is 0 Å². The highest BCUT2D eigenvalue weighted by Gasteiger charge is 2.56. The van der Waals surface area contributed by atoms with E-state index in [1.165, 1.54) is 7.11 Å². The van der Waals surface area contributed by atoms with Crippen LogP contribution in [0.25, 0.3) is 21.9 Å². The molecular formula is C22H21N3O5. The van der Waals surface area contributed by atoms with Gasteiger partial charge in [0, 0.05) is 16.8 Å². The van der Waals surface area contributed by atoms with Crippen LogP contribution in [0.3, 0.4) is 0 Å². The van der Waals surface area contributed by atoms with Gasteiger partial charge < -0.3 is 19.8 Å². The van der Waals surface area contributed by atoms with Crippen LogP contribution in [-0.4, -0.2) is 41.9 Å². The number of carbonyl (C=O) groups excluding carboxylic acids is 3. The zero-order valence-corrected chi connectivity index (χ0v) is 16.7. The van der Waals surface area contributed by atoms with Gasteiger partial charge in [0.1, 0.15) is 29.0 Å². The number of urea groups is 1. The number of nitrogens with zero attached hydrogens (tertiary/aromatic N) is 1. The topological polar surface area (TPSA) is 101 Å². The van der Waals surface area contributed by atoms with Crippen LogP contribution < -0.4 is 15.4 Å². The zero-order chi connectivity index (χ0) is 21.0. The van der Waals surface area contributed by atoms with Gasteiger partial charge in [-0.25, -0.2) is 4.79 Å². The van der Waals surface area contributed by atoms with Gasteiger partial charge in [-0.05, 0) is 37.8 Å². The van der Waals surface area contributed by atoms with Crippen molar-refractivity contribution in [2.75, 3.05) is 19.0 Å². The number of furan rings is 1. The second kappa shape index (κ2) is 6.48. The Morgan fingerprint density at radius 3 is 2.73 bits per heavy atom. The monoisotopic (exact) mass is 407 g/mol. The average Bonchev–Trinajstić information content (AvgIpc) is 3.49. The molecule has 8 nitrogen and oxygen atoms in total. The maximum absolute atomic E-state index is 12.7. The summed E-state index contributed by atoms with van der Waals surface area (Å²) < 4.78 is 11.3. The molecule has 2 N–H and O–H groups in total. The van der Waals surface area contributed by atoms with Crippen LogP contribution in [0.5, 0.6) is 5.75 Å². The molecule has 1 aliphatic carbocycles. The van der Waals surface area contributed by atoms with Crippen LogP contribution in [0.1, 0.15) is 19.8 Å². The summed E-state index contributed by atoms with van der Waals surface area (Å²) in [6.07, 6.45) is 1.80. The van der Waals surface area contributed by atoms with Crippen molar-refractivity contribution in [3.05, 3.63) is 36.4 Å². The Bertz CT molecular complexity index is 1210. The minimum absolute atomic E-state index is 0.137. The van der Waals surface area contributed by atoms with Crippen molar-refractivity contribution in [2.24, 2.45) is 5.92 Å². The first-order valence-corrected chi connectivity index (χ1v) is 9.84. The van der Waals surface area contributed by atoms with Crippen molar-refractivity contribution in [1.82, 2.24) is 10.2 Å². The second-order valence-electron chi connectivity index (χ2n) is 7.99.